The second kappa shape index (κ2) is 21.0. The van der Waals surface area contributed by atoms with E-state index in [1.54, 1.807) is 40.7 Å². The number of hydrogen-bond acceptors (Lipinski definition) is 12. The molecule has 0 aliphatic carbocycles. The molecule has 3 saturated heterocycles. The summed E-state index contributed by atoms with van der Waals surface area (Å²) in [5, 5.41) is 19.7. The van der Waals surface area contributed by atoms with Crippen LogP contribution in [0.4, 0.5) is 9.18 Å². The normalized spacial score (nSPS) is 34.6. The van der Waals surface area contributed by atoms with E-state index in [4.69, 9.17) is 28.8 Å². The molecule has 6 rings (SSSR count). The van der Waals surface area contributed by atoms with E-state index >= 15 is 4.39 Å². The lowest BCUT2D eigenvalue weighted by Gasteiger charge is -2.46. The van der Waals surface area contributed by atoms with E-state index in [-0.39, 0.29) is 31.3 Å². The number of carbonyl (C=O) groups is 4. The molecule has 66 heavy (non-hydrogen) atoms. The molecule has 13 atom stereocenters. The number of nitrogens with one attached hydrogen (secondary N) is 1. The predicted molar refractivity (Wildman–Crippen MR) is 247 cm³/mol. The highest BCUT2D eigenvalue weighted by Crippen LogP contribution is 2.44. The van der Waals surface area contributed by atoms with Crippen molar-refractivity contribution in [2.45, 2.75) is 154 Å². The Morgan fingerprint density at radius 3 is 2.21 bits per heavy atom. The first-order valence-electron chi connectivity index (χ1n) is 23.4. The van der Waals surface area contributed by atoms with Crippen molar-refractivity contribution in [3.8, 4) is 22.5 Å². The number of amides is 1. The molecule has 0 radical (unpaired) electrons. The molecule has 1 amide bonds. The van der Waals surface area contributed by atoms with Gasteiger partial charge in [0.25, 0.3) is 5.67 Å². The van der Waals surface area contributed by atoms with Crippen LogP contribution in [-0.2, 0) is 44.6 Å². The van der Waals surface area contributed by atoms with E-state index in [9.17, 15) is 24.3 Å². The van der Waals surface area contributed by atoms with Gasteiger partial charge in [-0.1, -0.05) is 94.4 Å². The highest BCUT2D eigenvalue weighted by molar-refractivity contribution is 6.08. The number of esters is 1. The smallest absolute Gasteiger partial charge is 0.410 e. The van der Waals surface area contributed by atoms with Gasteiger partial charge in [0.2, 0.25) is 0 Å². The van der Waals surface area contributed by atoms with Gasteiger partial charge >= 0.3 is 12.1 Å². The number of hydrogen-bond donors (Lipinski definition) is 2. The van der Waals surface area contributed by atoms with Crippen molar-refractivity contribution >= 4 is 23.6 Å². The van der Waals surface area contributed by atoms with Crippen molar-refractivity contribution in [2.75, 3.05) is 20.2 Å². The van der Waals surface area contributed by atoms with Gasteiger partial charge in [-0.2, -0.15) is 5.10 Å². The van der Waals surface area contributed by atoms with Crippen molar-refractivity contribution in [1.29, 1.82) is 0 Å². The molecule has 0 spiro atoms. The highest BCUT2D eigenvalue weighted by Gasteiger charge is 2.61. The number of fused-ring (bicyclic) bond motifs is 1. The Hall–Kier alpha value is -4.80. The minimum absolute atomic E-state index is 0.0209. The Morgan fingerprint density at radius 1 is 0.955 bits per heavy atom. The molecule has 14 nitrogen and oxygen atoms in total. The van der Waals surface area contributed by atoms with Gasteiger partial charge in [0, 0.05) is 56.1 Å². The molecule has 3 fully saturated rings. The van der Waals surface area contributed by atoms with Crippen molar-refractivity contribution in [2.24, 2.45) is 17.8 Å². The third-order valence-electron chi connectivity index (χ3n) is 14.0. The fourth-order valence-corrected chi connectivity index (χ4v) is 10.4. The zero-order chi connectivity index (χ0) is 48.1. The summed E-state index contributed by atoms with van der Waals surface area (Å²) in [7, 11) is 1.40. The molecule has 3 aromatic rings. The van der Waals surface area contributed by atoms with Crippen LogP contribution in [-0.4, -0.2) is 123 Å². The number of unbranched alkanes of at least 4 members (excludes halogenated alkanes) is 1. The number of halogens is 1. The van der Waals surface area contributed by atoms with Crippen molar-refractivity contribution in [1.82, 2.24) is 20.0 Å². The van der Waals surface area contributed by atoms with Crippen LogP contribution in [0.15, 0.2) is 79.4 Å². The second-order valence-corrected chi connectivity index (χ2v) is 18.9. The lowest BCUT2D eigenvalue weighted by molar-refractivity contribution is -0.290. The van der Waals surface area contributed by atoms with Gasteiger partial charge < -0.3 is 39.0 Å². The minimum Gasteiger partial charge on any atom is -0.455 e. The molecular weight excluding hydrogens is 848 g/mol. The van der Waals surface area contributed by atoms with E-state index in [1.807, 2.05) is 72.3 Å². The molecule has 360 valence electrons. The summed E-state index contributed by atoms with van der Waals surface area (Å²) in [6.07, 6.45) is -2.91. The largest absolute Gasteiger partial charge is 0.455 e. The van der Waals surface area contributed by atoms with Crippen LogP contribution in [0.3, 0.4) is 0 Å². The number of carbonyl (C=O) groups excluding carboxylic acids is 4. The molecule has 4 heterocycles. The van der Waals surface area contributed by atoms with Gasteiger partial charge in [-0.25, -0.2) is 14.0 Å². The van der Waals surface area contributed by atoms with Gasteiger partial charge in [0.15, 0.2) is 17.7 Å². The summed E-state index contributed by atoms with van der Waals surface area (Å²) in [5.41, 5.74) is -2.53. The molecule has 1 unspecified atom stereocenters. The number of nitrogens with zero attached hydrogens (tertiary/aromatic N) is 3. The van der Waals surface area contributed by atoms with E-state index in [2.05, 4.69) is 18.0 Å². The summed E-state index contributed by atoms with van der Waals surface area (Å²) in [6, 6.07) is 20.6. The first kappa shape index (κ1) is 50.6. The number of cyclic esters (lactones) is 1. The minimum atomic E-state index is -3.20. The van der Waals surface area contributed by atoms with Crippen LogP contribution in [0.25, 0.3) is 22.5 Å². The fourth-order valence-electron chi connectivity index (χ4n) is 10.4. The Labute approximate surface area is 388 Å². The number of ether oxygens (including phenoxy) is 5. The summed E-state index contributed by atoms with van der Waals surface area (Å²) in [6.45, 7) is 17.4. The first-order valence-corrected chi connectivity index (χ1v) is 23.4. The number of alkyl halides is 1. The Kier molecular flexibility index (Phi) is 16.1. The third-order valence-corrected chi connectivity index (χ3v) is 14.0. The SMILES string of the molecule is C=CCN[C@H]1C[C@@H](C)O[C@@H](O[C@@H]2[C@H](C)C(=O)[C@](C)(F)C(=O)O[C@H](CC)[C@@]3(C)OC(=O)N(CCCCn4nc(-c5ccccc5)cc4-c4ccccc4)C3[C@@H](C)C(=O)[C@H](C)C[C@@]2(C)OC)[C@H]1O. The Balaban J connectivity index is 1.30. The fraction of sp³-hybridized carbons (Fsp3) is 0.588. The maximum Gasteiger partial charge on any atom is 0.410 e. The molecule has 3 aliphatic heterocycles. The molecule has 2 N–H and O–H groups in total. The van der Waals surface area contributed by atoms with Crippen LogP contribution in [0, 0.1) is 17.8 Å². The van der Waals surface area contributed by atoms with Crippen LogP contribution in [0.5, 0.6) is 0 Å². The lowest BCUT2D eigenvalue weighted by atomic mass is 9.73. The van der Waals surface area contributed by atoms with Gasteiger partial charge in [0.1, 0.15) is 18.0 Å². The number of benzene rings is 2. The van der Waals surface area contributed by atoms with Crippen molar-refractivity contribution < 1.29 is 52.4 Å². The van der Waals surface area contributed by atoms with Crippen LogP contribution in [0.2, 0.25) is 0 Å². The molecule has 2 aromatic carbocycles. The van der Waals surface area contributed by atoms with Crippen molar-refractivity contribution in [3.05, 3.63) is 79.4 Å². The molecule has 15 heteroatoms. The summed E-state index contributed by atoms with van der Waals surface area (Å²) in [4.78, 5) is 58.9. The number of Topliss-reactive ketones (excluding diaryl/α,β-unsaturated/α-hetero) is 2. The van der Waals surface area contributed by atoms with E-state index in [0.29, 0.717) is 32.4 Å². The zero-order valence-corrected chi connectivity index (χ0v) is 39.9. The van der Waals surface area contributed by atoms with E-state index in [1.165, 1.54) is 18.9 Å². The number of aryl methyl sites for hydroxylation is 1. The van der Waals surface area contributed by atoms with E-state index in [0.717, 1.165) is 29.4 Å². The quantitative estimate of drug-likeness (QED) is 0.0709. The monoisotopic (exact) mass is 916 g/mol. The first-order chi connectivity index (χ1) is 31.3. The summed E-state index contributed by atoms with van der Waals surface area (Å²) >= 11 is 0. The average molecular weight is 917 g/mol. The zero-order valence-electron chi connectivity index (χ0n) is 39.9. The van der Waals surface area contributed by atoms with Gasteiger partial charge in [-0.15, -0.1) is 6.58 Å². The van der Waals surface area contributed by atoms with Crippen LogP contribution < -0.4 is 5.32 Å². The van der Waals surface area contributed by atoms with Crippen LogP contribution in [0.1, 0.15) is 87.5 Å². The molecule has 0 bridgehead atoms. The lowest BCUT2D eigenvalue weighted by Crippen LogP contribution is -2.62. The molecule has 3 aliphatic rings. The van der Waals surface area contributed by atoms with Crippen molar-refractivity contribution in [3.63, 3.8) is 0 Å². The number of aliphatic hydroxyl groups excluding tert-OH is 1. The van der Waals surface area contributed by atoms with Crippen LogP contribution >= 0.6 is 0 Å². The van der Waals surface area contributed by atoms with E-state index < -0.39 is 89.2 Å². The number of methoxy groups -OCH3 is 1. The van der Waals surface area contributed by atoms with Gasteiger partial charge in [-0.05, 0) is 71.4 Å². The molecule has 0 saturated carbocycles. The average Bonchev–Trinajstić information content (AvgIpc) is 3.85. The Bertz CT molecular complexity index is 2170. The highest BCUT2D eigenvalue weighted by atomic mass is 19.1. The number of aliphatic hydroxyl groups is 1. The Morgan fingerprint density at radius 2 is 1.59 bits per heavy atom. The second-order valence-electron chi connectivity index (χ2n) is 18.9. The number of ketones is 2. The third kappa shape index (κ3) is 10.3. The van der Waals surface area contributed by atoms with Gasteiger partial charge in [-0.3, -0.25) is 14.3 Å². The number of rotatable bonds is 14. The predicted octanol–water partition coefficient (Wildman–Crippen LogP) is 7.51. The maximum absolute atomic E-state index is 17.1. The maximum atomic E-state index is 17.1. The summed E-state index contributed by atoms with van der Waals surface area (Å²) in [5.74, 6) is -5.90. The molecule has 1 aromatic heterocycles. The summed E-state index contributed by atoms with van der Waals surface area (Å²) < 4.78 is 49.8. The molecular formula is C51H69FN4O10. The number of aromatic nitrogens is 2. The topological polar surface area (TPSA) is 168 Å². The standard InChI is InChI=1S/C51H69FN4O10/c1-11-25-53-38-28-32(4)63-46(42(38)58)65-45-34(6)44(59)50(8,52)47(60)64-40(12-2)51(9)43(33(5)41(57)31(3)30-49(45,7)62-10)55(48(61)66-51)26-19-20-27-56-39(36-23-17-14-18-24-36)29-37(54-56)35-21-15-13-16-22-35/h11,13-18,21-24,29,31-34,38,40,42-43,45-46,53,58H,1,12,19-20,25-28,30H2,2-10H3/t31-,32-,33+,34-,38+,40-,42+,43?,45-,46+,49-,50+,51-/m1/s1. The van der Waals surface area contributed by atoms with Gasteiger partial charge in [0.05, 0.1) is 35.2 Å².